The molecule has 0 amide bonds. The Morgan fingerprint density at radius 3 is 2.29 bits per heavy atom. The molecule has 2 aliphatic rings. The van der Waals surface area contributed by atoms with Crippen LogP contribution in [0.15, 0.2) is 12.2 Å². The lowest BCUT2D eigenvalue weighted by atomic mass is 9.97. The molecule has 2 aliphatic carbocycles. The summed E-state index contributed by atoms with van der Waals surface area (Å²) in [5, 5.41) is 0. The number of allylic oxidation sites excluding steroid dienone is 2. The van der Waals surface area contributed by atoms with Gasteiger partial charge in [-0.2, -0.15) is 0 Å². The minimum atomic E-state index is 1.03. The van der Waals surface area contributed by atoms with E-state index < -0.39 is 0 Å². The van der Waals surface area contributed by atoms with Crippen molar-refractivity contribution < 1.29 is 0 Å². The van der Waals surface area contributed by atoms with Crippen LogP contribution in [0.2, 0.25) is 0 Å². The average molecular weight is 233 g/mol. The van der Waals surface area contributed by atoms with Gasteiger partial charge in [0.05, 0.1) is 0 Å². The number of hydrogen-bond acceptors (Lipinski definition) is 0. The third-order valence-electron chi connectivity index (χ3n) is 4.51. The van der Waals surface area contributed by atoms with Crippen molar-refractivity contribution in [2.24, 2.45) is 5.92 Å². The standard InChI is InChI=1S/C17H29/c1-2-4-6-8-10-12-17-14-13-16(15-17)11-9-7-5-3-1/h9,11,17H,1-8,10,12-15H2. The van der Waals surface area contributed by atoms with Gasteiger partial charge in [0, 0.05) is 0 Å². The van der Waals surface area contributed by atoms with E-state index in [1.807, 2.05) is 0 Å². The van der Waals surface area contributed by atoms with Crippen LogP contribution in [0.1, 0.15) is 83.5 Å². The van der Waals surface area contributed by atoms with Gasteiger partial charge < -0.3 is 0 Å². The van der Waals surface area contributed by atoms with E-state index in [0.717, 1.165) is 5.92 Å². The molecule has 0 N–H and O–H groups in total. The van der Waals surface area contributed by atoms with Crippen LogP contribution < -0.4 is 0 Å². The smallest absolute Gasteiger partial charge is 0.00245 e. The molecule has 0 aromatic heterocycles. The molecule has 0 aromatic carbocycles. The summed E-state index contributed by atoms with van der Waals surface area (Å²) >= 11 is 0. The summed E-state index contributed by atoms with van der Waals surface area (Å²) in [6.45, 7) is 0. The van der Waals surface area contributed by atoms with E-state index in [4.69, 9.17) is 0 Å². The summed E-state index contributed by atoms with van der Waals surface area (Å²) < 4.78 is 0. The summed E-state index contributed by atoms with van der Waals surface area (Å²) in [4.78, 5) is 0. The first-order chi connectivity index (χ1) is 8.45. The normalized spacial score (nSPS) is 29.8. The predicted octanol–water partition coefficient (Wildman–Crippen LogP) is 5.83. The maximum atomic E-state index is 2.46. The van der Waals surface area contributed by atoms with Gasteiger partial charge in [-0.05, 0) is 43.9 Å². The van der Waals surface area contributed by atoms with Gasteiger partial charge in [0.15, 0.2) is 0 Å². The van der Waals surface area contributed by atoms with Crippen LogP contribution in [0.4, 0.5) is 0 Å². The Morgan fingerprint density at radius 1 is 0.765 bits per heavy atom. The first-order valence-electron chi connectivity index (χ1n) is 7.96. The largest absolute Gasteiger partial charge is 0.0879 e. The topological polar surface area (TPSA) is 0 Å². The van der Waals surface area contributed by atoms with Crippen LogP contribution in [-0.4, -0.2) is 0 Å². The molecule has 0 aliphatic heterocycles. The highest BCUT2D eigenvalue weighted by Crippen LogP contribution is 2.36. The van der Waals surface area contributed by atoms with Crippen molar-refractivity contribution in [1.29, 1.82) is 0 Å². The van der Waals surface area contributed by atoms with Gasteiger partial charge >= 0.3 is 0 Å². The molecule has 97 valence electrons. The van der Waals surface area contributed by atoms with Crippen molar-refractivity contribution in [2.75, 3.05) is 0 Å². The molecule has 1 unspecified atom stereocenters. The molecular formula is C17H29. The van der Waals surface area contributed by atoms with Gasteiger partial charge in [0.1, 0.15) is 0 Å². The van der Waals surface area contributed by atoms with Crippen molar-refractivity contribution >= 4 is 0 Å². The zero-order chi connectivity index (χ0) is 11.8. The van der Waals surface area contributed by atoms with E-state index in [1.54, 1.807) is 5.92 Å². The Hall–Kier alpha value is -0.260. The van der Waals surface area contributed by atoms with Crippen molar-refractivity contribution in [2.45, 2.75) is 83.5 Å². The van der Waals surface area contributed by atoms with Crippen molar-refractivity contribution in [1.82, 2.24) is 0 Å². The van der Waals surface area contributed by atoms with Crippen molar-refractivity contribution in [3.05, 3.63) is 18.1 Å². The molecule has 1 fully saturated rings. The maximum absolute atomic E-state index is 2.46. The Kier molecular flexibility index (Phi) is 6.16. The highest BCUT2D eigenvalue weighted by molar-refractivity contribution is 5.13. The summed E-state index contributed by atoms with van der Waals surface area (Å²) in [5.41, 5.74) is 0. The van der Waals surface area contributed by atoms with Gasteiger partial charge in [0.25, 0.3) is 0 Å². The zero-order valence-corrected chi connectivity index (χ0v) is 11.4. The lowest BCUT2D eigenvalue weighted by Gasteiger charge is -2.08. The van der Waals surface area contributed by atoms with Gasteiger partial charge in [-0.25, -0.2) is 0 Å². The third-order valence-corrected chi connectivity index (χ3v) is 4.51. The number of rotatable bonds is 0. The van der Waals surface area contributed by atoms with Gasteiger partial charge in [-0.3, -0.25) is 0 Å². The second kappa shape index (κ2) is 7.95. The second-order valence-electron chi connectivity index (χ2n) is 6.08. The Labute approximate surface area is 108 Å². The van der Waals surface area contributed by atoms with Crippen molar-refractivity contribution in [3.8, 4) is 0 Å². The van der Waals surface area contributed by atoms with Crippen LogP contribution in [0, 0.1) is 11.8 Å². The lowest BCUT2D eigenvalue weighted by Crippen LogP contribution is -1.94. The fraction of sp³-hybridized carbons (Fsp3) is 0.824. The van der Waals surface area contributed by atoms with Gasteiger partial charge in [-0.15, -0.1) is 0 Å². The molecular weight excluding hydrogens is 204 g/mol. The molecule has 0 aromatic rings. The molecule has 0 heterocycles. The monoisotopic (exact) mass is 233 g/mol. The van der Waals surface area contributed by atoms with E-state index in [1.165, 1.54) is 83.5 Å². The molecule has 0 heteroatoms. The van der Waals surface area contributed by atoms with E-state index in [2.05, 4.69) is 12.2 Å². The van der Waals surface area contributed by atoms with E-state index >= 15 is 0 Å². The summed E-state index contributed by atoms with van der Waals surface area (Å²) in [6.07, 6.45) is 23.7. The molecule has 2 bridgehead atoms. The lowest BCUT2D eigenvalue weighted by molar-refractivity contribution is 0.463. The van der Waals surface area contributed by atoms with Gasteiger partial charge in [-0.1, -0.05) is 63.5 Å². The molecule has 1 radical (unpaired) electrons. The second-order valence-corrected chi connectivity index (χ2v) is 6.08. The van der Waals surface area contributed by atoms with E-state index in [-0.39, 0.29) is 0 Å². The zero-order valence-electron chi connectivity index (χ0n) is 11.4. The van der Waals surface area contributed by atoms with Crippen molar-refractivity contribution in [3.63, 3.8) is 0 Å². The van der Waals surface area contributed by atoms with Crippen LogP contribution in [-0.2, 0) is 0 Å². The number of fused-ring (bicyclic) bond motifs is 2. The average Bonchev–Trinajstić information content (AvgIpc) is 2.77. The molecule has 17 heavy (non-hydrogen) atoms. The fourth-order valence-electron chi connectivity index (χ4n) is 3.37. The fourth-order valence-corrected chi connectivity index (χ4v) is 3.37. The molecule has 1 atom stereocenters. The van der Waals surface area contributed by atoms with E-state index in [9.17, 15) is 0 Å². The minimum absolute atomic E-state index is 1.03. The molecule has 0 saturated heterocycles. The molecule has 0 nitrogen and oxygen atoms in total. The first-order valence-corrected chi connectivity index (χ1v) is 7.96. The van der Waals surface area contributed by atoms with E-state index in [0.29, 0.717) is 0 Å². The van der Waals surface area contributed by atoms with Gasteiger partial charge in [0.2, 0.25) is 0 Å². The third kappa shape index (κ3) is 5.27. The quantitative estimate of drug-likeness (QED) is 0.493. The SMILES string of the molecule is C1=C[C]2CCC(CCCCCCCCCC1)C2. The summed E-state index contributed by atoms with van der Waals surface area (Å²) in [5.74, 6) is 2.77. The Balaban J connectivity index is 1.74. The van der Waals surface area contributed by atoms with Crippen LogP contribution in [0.25, 0.3) is 0 Å². The van der Waals surface area contributed by atoms with Crippen LogP contribution in [0.3, 0.4) is 0 Å². The molecule has 1 saturated carbocycles. The maximum Gasteiger partial charge on any atom is -0.00245 e. The summed E-state index contributed by atoms with van der Waals surface area (Å²) in [7, 11) is 0. The summed E-state index contributed by atoms with van der Waals surface area (Å²) in [6, 6.07) is 0. The Morgan fingerprint density at radius 2 is 1.47 bits per heavy atom. The minimum Gasteiger partial charge on any atom is -0.0879 e. The van der Waals surface area contributed by atoms with Crippen LogP contribution >= 0.6 is 0 Å². The number of hydrogen-bond donors (Lipinski definition) is 0. The highest BCUT2D eigenvalue weighted by Gasteiger charge is 2.22. The first kappa shape index (κ1) is 13.2. The Bertz CT molecular complexity index is 216. The predicted molar refractivity (Wildman–Crippen MR) is 75.9 cm³/mol. The van der Waals surface area contributed by atoms with Crippen LogP contribution in [0.5, 0.6) is 0 Å². The molecule has 2 rings (SSSR count). The molecule has 0 spiro atoms. The highest BCUT2D eigenvalue weighted by atomic mass is 14.3.